The Labute approximate surface area is 157 Å². The minimum Gasteiger partial charge on any atom is -0.394 e. The number of benzene rings is 1. The van der Waals surface area contributed by atoms with Crippen LogP contribution in [0.4, 0.5) is 0 Å². The van der Waals surface area contributed by atoms with E-state index in [1.807, 2.05) is 18.2 Å². The summed E-state index contributed by atoms with van der Waals surface area (Å²) in [5.41, 5.74) is 1.15. The van der Waals surface area contributed by atoms with Gasteiger partial charge in [0.2, 0.25) is 11.8 Å². The number of carbonyl (C=O) groups excluding carboxylic acids is 2. The fourth-order valence-electron chi connectivity index (χ4n) is 2.73. The van der Waals surface area contributed by atoms with Crippen molar-refractivity contribution in [1.82, 2.24) is 10.6 Å². The maximum atomic E-state index is 12.5. The molecule has 0 bridgehead atoms. The number of aliphatic hydroxyl groups is 1. The van der Waals surface area contributed by atoms with Gasteiger partial charge in [0.25, 0.3) is 0 Å². The molecule has 0 aromatic heterocycles. The summed E-state index contributed by atoms with van der Waals surface area (Å²) in [6.07, 6.45) is 4.07. The highest BCUT2D eigenvalue weighted by Crippen LogP contribution is 2.34. The van der Waals surface area contributed by atoms with Crippen molar-refractivity contribution in [3.8, 4) is 0 Å². The van der Waals surface area contributed by atoms with E-state index in [2.05, 4.69) is 32.6 Å². The Hall–Kier alpha value is -1.40. The Morgan fingerprint density at radius 1 is 1.24 bits per heavy atom. The van der Waals surface area contributed by atoms with Crippen molar-refractivity contribution in [1.29, 1.82) is 0 Å². The number of hydrogen-bond donors (Lipinski definition) is 3. The third-order valence-corrected chi connectivity index (χ3v) is 4.87. The molecule has 1 aliphatic carbocycles. The summed E-state index contributed by atoms with van der Waals surface area (Å²) in [6, 6.07) is 7.14. The lowest BCUT2D eigenvalue weighted by atomic mass is 10.0. The Morgan fingerprint density at radius 2 is 1.96 bits per heavy atom. The lowest BCUT2D eigenvalue weighted by Crippen LogP contribution is -2.52. The second kappa shape index (κ2) is 9.34. The number of nitrogens with one attached hydrogen (secondary N) is 2. The maximum absolute atomic E-state index is 12.5. The van der Waals surface area contributed by atoms with E-state index in [0.717, 1.165) is 22.9 Å². The normalized spacial score (nSPS) is 16.4. The Bertz CT molecular complexity index is 602. The monoisotopic (exact) mass is 410 g/mol. The molecule has 6 heteroatoms. The lowest BCUT2D eigenvalue weighted by Gasteiger charge is -2.23. The fourth-order valence-corrected chi connectivity index (χ4v) is 3.18. The summed E-state index contributed by atoms with van der Waals surface area (Å²) in [7, 11) is 0. The molecule has 1 fully saturated rings. The molecule has 1 saturated carbocycles. The summed E-state index contributed by atoms with van der Waals surface area (Å²) in [5.74, 6) is -0.127. The molecule has 1 unspecified atom stereocenters. The molecule has 0 heterocycles. The molecule has 2 amide bonds. The van der Waals surface area contributed by atoms with Crippen molar-refractivity contribution >= 4 is 27.7 Å². The van der Waals surface area contributed by atoms with Gasteiger partial charge in [-0.1, -0.05) is 54.8 Å². The first-order chi connectivity index (χ1) is 11.9. The zero-order valence-electron chi connectivity index (χ0n) is 14.8. The van der Waals surface area contributed by atoms with E-state index in [9.17, 15) is 14.7 Å². The standard InChI is InChI=1S/C19H27BrN2O3/c1-12(2)18(24)22-17(11-23)19(25)21-16(9-13-6-7-13)10-14-4-3-5-15(20)8-14/h3-5,8,12-13,16-17,23H,6-7,9-11H2,1-2H3,(H,21,25)(H,22,24)/t16?,17-/m0/s1. The zero-order chi connectivity index (χ0) is 18.4. The Balaban J connectivity index is 1.99. The molecule has 0 radical (unpaired) electrons. The van der Waals surface area contributed by atoms with Gasteiger partial charge in [0.05, 0.1) is 6.61 Å². The summed E-state index contributed by atoms with van der Waals surface area (Å²) < 4.78 is 1.01. The largest absolute Gasteiger partial charge is 0.394 e. The molecule has 0 spiro atoms. The topological polar surface area (TPSA) is 78.4 Å². The van der Waals surface area contributed by atoms with Crippen molar-refractivity contribution in [2.45, 2.75) is 51.6 Å². The zero-order valence-corrected chi connectivity index (χ0v) is 16.4. The molecular weight excluding hydrogens is 384 g/mol. The van der Waals surface area contributed by atoms with Crippen LogP contribution in [0.1, 0.15) is 38.7 Å². The highest BCUT2D eigenvalue weighted by Gasteiger charge is 2.29. The van der Waals surface area contributed by atoms with Gasteiger partial charge in [-0.05, 0) is 36.5 Å². The molecular formula is C19H27BrN2O3. The molecule has 2 atom stereocenters. The van der Waals surface area contributed by atoms with Crippen LogP contribution in [0.15, 0.2) is 28.7 Å². The van der Waals surface area contributed by atoms with Crippen LogP contribution in [0.3, 0.4) is 0 Å². The molecule has 0 aliphatic heterocycles. The van der Waals surface area contributed by atoms with Gasteiger partial charge in [-0.3, -0.25) is 9.59 Å². The van der Waals surface area contributed by atoms with Crippen LogP contribution in [0.5, 0.6) is 0 Å². The predicted molar refractivity (Wildman–Crippen MR) is 101 cm³/mol. The van der Waals surface area contributed by atoms with Gasteiger partial charge in [0.15, 0.2) is 0 Å². The third-order valence-electron chi connectivity index (χ3n) is 4.37. The van der Waals surface area contributed by atoms with Gasteiger partial charge in [-0.15, -0.1) is 0 Å². The quantitative estimate of drug-likeness (QED) is 0.584. The number of carbonyl (C=O) groups is 2. The number of rotatable bonds is 9. The molecule has 1 aromatic rings. The van der Waals surface area contributed by atoms with E-state index >= 15 is 0 Å². The fraction of sp³-hybridized carbons (Fsp3) is 0.579. The average Bonchev–Trinajstić information content (AvgIpc) is 3.35. The van der Waals surface area contributed by atoms with Gasteiger partial charge in [0, 0.05) is 16.4 Å². The summed E-state index contributed by atoms with van der Waals surface area (Å²) in [5, 5.41) is 15.1. The van der Waals surface area contributed by atoms with Crippen LogP contribution in [0.2, 0.25) is 0 Å². The first-order valence-electron chi connectivity index (χ1n) is 8.85. The SMILES string of the molecule is CC(C)C(=O)N[C@@H](CO)C(=O)NC(Cc1cccc(Br)c1)CC1CC1. The highest BCUT2D eigenvalue weighted by atomic mass is 79.9. The molecule has 5 nitrogen and oxygen atoms in total. The summed E-state index contributed by atoms with van der Waals surface area (Å²) in [4.78, 5) is 24.3. The Kier molecular flexibility index (Phi) is 7.44. The molecule has 3 N–H and O–H groups in total. The molecule has 25 heavy (non-hydrogen) atoms. The van der Waals surface area contributed by atoms with E-state index in [1.165, 1.54) is 12.8 Å². The van der Waals surface area contributed by atoms with E-state index in [-0.39, 0.29) is 23.8 Å². The number of aliphatic hydroxyl groups excluding tert-OH is 1. The van der Waals surface area contributed by atoms with Gasteiger partial charge < -0.3 is 15.7 Å². The van der Waals surface area contributed by atoms with E-state index < -0.39 is 12.6 Å². The van der Waals surface area contributed by atoms with Crippen molar-refractivity contribution in [2.75, 3.05) is 6.61 Å². The maximum Gasteiger partial charge on any atom is 0.245 e. The lowest BCUT2D eigenvalue weighted by molar-refractivity contribution is -0.131. The average molecular weight is 411 g/mol. The van der Waals surface area contributed by atoms with Crippen LogP contribution in [-0.2, 0) is 16.0 Å². The van der Waals surface area contributed by atoms with Gasteiger partial charge in [-0.2, -0.15) is 0 Å². The van der Waals surface area contributed by atoms with Gasteiger partial charge in [0.1, 0.15) is 6.04 Å². The highest BCUT2D eigenvalue weighted by molar-refractivity contribution is 9.10. The van der Waals surface area contributed by atoms with Crippen molar-refractivity contribution in [2.24, 2.45) is 11.8 Å². The summed E-state index contributed by atoms with van der Waals surface area (Å²) >= 11 is 3.47. The van der Waals surface area contributed by atoms with Gasteiger partial charge >= 0.3 is 0 Å². The second-order valence-corrected chi connectivity index (χ2v) is 8.03. The van der Waals surface area contributed by atoms with Crippen LogP contribution in [0, 0.1) is 11.8 Å². The van der Waals surface area contributed by atoms with Crippen molar-refractivity contribution < 1.29 is 14.7 Å². The van der Waals surface area contributed by atoms with Crippen molar-refractivity contribution in [3.63, 3.8) is 0 Å². The number of hydrogen-bond acceptors (Lipinski definition) is 3. The third kappa shape index (κ3) is 6.78. The van der Waals surface area contributed by atoms with Gasteiger partial charge in [-0.25, -0.2) is 0 Å². The molecule has 2 rings (SSSR count). The Morgan fingerprint density at radius 3 is 2.52 bits per heavy atom. The van der Waals surface area contributed by atoms with E-state index in [4.69, 9.17) is 0 Å². The van der Waals surface area contributed by atoms with Crippen LogP contribution < -0.4 is 10.6 Å². The van der Waals surface area contributed by atoms with Crippen LogP contribution >= 0.6 is 15.9 Å². The van der Waals surface area contributed by atoms with Crippen molar-refractivity contribution in [3.05, 3.63) is 34.3 Å². The number of amides is 2. The first-order valence-corrected chi connectivity index (χ1v) is 9.64. The van der Waals surface area contributed by atoms with Crippen LogP contribution in [-0.4, -0.2) is 35.6 Å². The minimum atomic E-state index is -0.904. The first kappa shape index (κ1) is 19.9. The molecule has 0 saturated heterocycles. The molecule has 1 aromatic carbocycles. The minimum absolute atomic E-state index is 0.000646. The summed E-state index contributed by atoms with van der Waals surface area (Å²) in [6.45, 7) is 3.10. The van der Waals surface area contributed by atoms with E-state index in [1.54, 1.807) is 13.8 Å². The number of halogens is 1. The molecule has 1 aliphatic rings. The molecule has 138 valence electrons. The smallest absolute Gasteiger partial charge is 0.245 e. The predicted octanol–water partition coefficient (Wildman–Crippen LogP) is 2.41. The van der Waals surface area contributed by atoms with Crippen LogP contribution in [0.25, 0.3) is 0 Å². The van der Waals surface area contributed by atoms with E-state index in [0.29, 0.717) is 5.92 Å². The second-order valence-electron chi connectivity index (χ2n) is 7.12.